The van der Waals surface area contributed by atoms with Gasteiger partial charge >= 0.3 is 5.97 Å². The zero-order valence-corrected chi connectivity index (χ0v) is 13.5. The monoisotopic (exact) mass is 289 g/mol. The molecule has 0 spiro atoms. The molecular formula is C18H27NO2. The summed E-state index contributed by atoms with van der Waals surface area (Å²) in [6, 6.07) is 4.51. The maximum absolute atomic E-state index is 10.9. The molecule has 3 nitrogen and oxygen atoms in total. The Morgan fingerprint density at radius 2 is 1.86 bits per heavy atom. The summed E-state index contributed by atoms with van der Waals surface area (Å²) >= 11 is 0. The third-order valence-electron chi connectivity index (χ3n) is 4.63. The van der Waals surface area contributed by atoms with Crippen LogP contribution in [0.3, 0.4) is 0 Å². The van der Waals surface area contributed by atoms with Crippen LogP contribution in [0.4, 0.5) is 0 Å². The van der Waals surface area contributed by atoms with E-state index >= 15 is 0 Å². The highest BCUT2D eigenvalue weighted by molar-refractivity contribution is 5.67. The lowest BCUT2D eigenvalue weighted by Crippen LogP contribution is -2.25. The van der Waals surface area contributed by atoms with Crippen molar-refractivity contribution in [2.24, 2.45) is 5.92 Å². The predicted octanol–water partition coefficient (Wildman–Crippen LogP) is 3.69. The molecule has 2 rings (SSSR count). The smallest absolute Gasteiger partial charge is 0.303 e. The fourth-order valence-electron chi connectivity index (χ4n) is 3.52. The van der Waals surface area contributed by atoms with Crippen LogP contribution in [0, 0.1) is 26.7 Å². The molecule has 0 aromatic heterocycles. The molecule has 1 aliphatic rings. The number of benzene rings is 1. The van der Waals surface area contributed by atoms with E-state index in [1.807, 2.05) is 0 Å². The lowest BCUT2D eigenvalue weighted by Gasteiger charge is -2.23. The summed E-state index contributed by atoms with van der Waals surface area (Å²) in [5.41, 5.74) is 5.51. The molecule has 0 aliphatic carbocycles. The second-order valence-electron chi connectivity index (χ2n) is 6.55. The molecule has 1 atom stereocenters. The number of carboxylic acids is 1. The van der Waals surface area contributed by atoms with Crippen molar-refractivity contribution in [2.75, 3.05) is 13.1 Å². The number of hydrogen-bond donors (Lipinski definition) is 1. The number of aryl methyl sites for hydroxylation is 3. The van der Waals surface area contributed by atoms with Crippen LogP contribution in [0.2, 0.25) is 0 Å². The van der Waals surface area contributed by atoms with E-state index in [1.54, 1.807) is 0 Å². The van der Waals surface area contributed by atoms with Gasteiger partial charge in [0.1, 0.15) is 0 Å². The summed E-state index contributed by atoms with van der Waals surface area (Å²) in [5, 5.41) is 8.94. The quantitative estimate of drug-likeness (QED) is 0.919. The highest BCUT2D eigenvalue weighted by Crippen LogP contribution is 2.24. The summed E-state index contributed by atoms with van der Waals surface area (Å²) in [5.74, 6) is -0.300. The largest absolute Gasteiger partial charge is 0.481 e. The van der Waals surface area contributed by atoms with Gasteiger partial charge < -0.3 is 5.11 Å². The van der Waals surface area contributed by atoms with E-state index in [0.29, 0.717) is 12.3 Å². The average Bonchev–Trinajstić information content (AvgIpc) is 2.58. The summed E-state index contributed by atoms with van der Waals surface area (Å²) in [6.45, 7) is 9.64. The van der Waals surface area contributed by atoms with Gasteiger partial charge in [0.25, 0.3) is 0 Å². The molecule has 1 saturated heterocycles. The SMILES string of the molecule is Cc1cc(C)c(CN2CCC[C@@H](CC(=O)O)CC2)c(C)c1. The first kappa shape index (κ1) is 16.0. The molecule has 1 heterocycles. The molecule has 1 fully saturated rings. The molecule has 0 unspecified atom stereocenters. The van der Waals surface area contributed by atoms with Gasteiger partial charge in [0.15, 0.2) is 0 Å². The van der Waals surface area contributed by atoms with Crippen LogP contribution in [0.25, 0.3) is 0 Å². The van der Waals surface area contributed by atoms with Gasteiger partial charge in [0.05, 0.1) is 0 Å². The van der Waals surface area contributed by atoms with E-state index in [4.69, 9.17) is 5.11 Å². The van der Waals surface area contributed by atoms with E-state index in [9.17, 15) is 4.79 Å². The van der Waals surface area contributed by atoms with Crippen molar-refractivity contribution in [1.29, 1.82) is 0 Å². The maximum Gasteiger partial charge on any atom is 0.303 e. The van der Waals surface area contributed by atoms with Crippen LogP contribution in [0.5, 0.6) is 0 Å². The number of rotatable bonds is 4. The van der Waals surface area contributed by atoms with Crippen LogP contribution in [-0.2, 0) is 11.3 Å². The van der Waals surface area contributed by atoms with Gasteiger partial charge in [0.2, 0.25) is 0 Å². The molecular weight excluding hydrogens is 262 g/mol. The maximum atomic E-state index is 10.9. The Hall–Kier alpha value is -1.35. The van der Waals surface area contributed by atoms with E-state index < -0.39 is 5.97 Å². The number of nitrogens with zero attached hydrogens (tertiary/aromatic N) is 1. The highest BCUT2D eigenvalue weighted by atomic mass is 16.4. The second-order valence-corrected chi connectivity index (χ2v) is 6.55. The van der Waals surface area contributed by atoms with Crippen molar-refractivity contribution in [3.63, 3.8) is 0 Å². The molecule has 1 N–H and O–H groups in total. The number of likely N-dealkylation sites (tertiary alicyclic amines) is 1. The van der Waals surface area contributed by atoms with Crippen molar-refractivity contribution < 1.29 is 9.90 Å². The van der Waals surface area contributed by atoms with E-state index in [1.165, 1.54) is 22.3 Å². The summed E-state index contributed by atoms with van der Waals surface area (Å²) in [6.07, 6.45) is 3.50. The van der Waals surface area contributed by atoms with Gasteiger partial charge in [-0.1, -0.05) is 17.7 Å². The predicted molar refractivity (Wildman–Crippen MR) is 85.5 cm³/mol. The molecule has 1 aromatic rings. The molecule has 1 aliphatic heterocycles. The van der Waals surface area contributed by atoms with Gasteiger partial charge in [-0.15, -0.1) is 0 Å². The van der Waals surface area contributed by atoms with E-state index in [0.717, 1.165) is 38.9 Å². The number of carboxylic acid groups (broad SMARTS) is 1. The fourth-order valence-corrected chi connectivity index (χ4v) is 3.52. The molecule has 0 radical (unpaired) electrons. The van der Waals surface area contributed by atoms with E-state index in [2.05, 4.69) is 37.8 Å². The minimum Gasteiger partial charge on any atom is -0.481 e. The van der Waals surface area contributed by atoms with Gasteiger partial charge in [-0.3, -0.25) is 9.69 Å². The third-order valence-corrected chi connectivity index (χ3v) is 4.63. The van der Waals surface area contributed by atoms with Crippen LogP contribution >= 0.6 is 0 Å². The zero-order chi connectivity index (χ0) is 15.4. The van der Waals surface area contributed by atoms with Crippen LogP contribution in [0.15, 0.2) is 12.1 Å². The molecule has 3 heteroatoms. The molecule has 21 heavy (non-hydrogen) atoms. The Labute approximate surface area is 128 Å². The average molecular weight is 289 g/mol. The van der Waals surface area contributed by atoms with Crippen molar-refractivity contribution >= 4 is 5.97 Å². The molecule has 0 amide bonds. The summed E-state index contributed by atoms with van der Waals surface area (Å²) in [7, 11) is 0. The second kappa shape index (κ2) is 7.08. The first-order valence-electron chi connectivity index (χ1n) is 7.96. The Kier molecular flexibility index (Phi) is 5.40. The van der Waals surface area contributed by atoms with E-state index in [-0.39, 0.29) is 0 Å². The minimum atomic E-state index is -0.654. The number of aliphatic carboxylic acids is 1. The van der Waals surface area contributed by atoms with Gasteiger partial charge in [0, 0.05) is 13.0 Å². The lowest BCUT2D eigenvalue weighted by molar-refractivity contribution is -0.138. The third kappa shape index (κ3) is 4.57. The Bertz CT molecular complexity index is 487. The van der Waals surface area contributed by atoms with Gasteiger partial charge in [-0.05, 0) is 75.7 Å². The van der Waals surface area contributed by atoms with Crippen LogP contribution in [-0.4, -0.2) is 29.1 Å². The van der Waals surface area contributed by atoms with Crippen molar-refractivity contribution in [3.8, 4) is 0 Å². The molecule has 0 saturated carbocycles. The Balaban J connectivity index is 1.99. The van der Waals surface area contributed by atoms with Gasteiger partial charge in [-0.2, -0.15) is 0 Å². The van der Waals surface area contributed by atoms with Crippen molar-refractivity contribution in [3.05, 3.63) is 34.4 Å². The Morgan fingerprint density at radius 1 is 1.19 bits per heavy atom. The van der Waals surface area contributed by atoms with Crippen molar-refractivity contribution in [1.82, 2.24) is 4.90 Å². The minimum absolute atomic E-state index is 0.330. The Morgan fingerprint density at radius 3 is 2.48 bits per heavy atom. The topological polar surface area (TPSA) is 40.5 Å². The normalized spacial score (nSPS) is 20.2. The molecule has 0 bridgehead atoms. The number of carbonyl (C=O) groups is 1. The zero-order valence-electron chi connectivity index (χ0n) is 13.5. The first-order chi connectivity index (χ1) is 9.95. The number of hydrogen-bond acceptors (Lipinski definition) is 2. The molecule has 1 aromatic carbocycles. The first-order valence-corrected chi connectivity index (χ1v) is 7.96. The highest BCUT2D eigenvalue weighted by Gasteiger charge is 2.20. The van der Waals surface area contributed by atoms with Crippen molar-refractivity contribution in [2.45, 2.75) is 53.0 Å². The van der Waals surface area contributed by atoms with Crippen LogP contribution in [0.1, 0.15) is 47.9 Å². The lowest BCUT2D eigenvalue weighted by atomic mass is 9.97. The van der Waals surface area contributed by atoms with Gasteiger partial charge in [-0.25, -0.2) is 0 Å². The van der Waals surface area contributed by atoms with Crippen LogP contribution < -0.4 is 0 Å². The molecule has 116 valence electrons. The standard InChI is InChI=1S/C18H27NO2/c1-13-9-14(2)17(15(3)10-13)12-19-7-4-5-16(6-8-19)11-18(20)21/h9-10,16H,4-8,11-12H2,1-3H3,(H,20,21)/t16-/m1/s1. The summed E-state index contributed by atoms with van der Waals surface area (Å²) < 4.78 is 0. The summed E-state index contributed by atoms with van der Waals surface area (Å²) in [4.78, 5) is 13.4. The fraction of sp³-hybridized carbons (Fsp3) is 0.611.